The smallest absolute Gasteiger partial charge is 0.0797 e. The third kappa shape index (κ3) is 0.961. The number of hydrogen-bond donors (Lipinski definition) is 0. The Morgan fingerprint density at radius 2 is 1.91 bits per heavy atom. The molecule has 0 atom stereocenters. The van der Waals surface area contributed by atoms with Gasteiger partial charge in [0.05, 0.1) is 0 Å². The van der Waals surface area contributed by atoms with Gasteiger partial charge in [0.1, 0.15) is 8.80 Å². The number of benzene rings is 1. The topological polar surface area (TPSA) is 0 Å². The van der Waals surface area contributed by atoms with E-state index in [1.54, 1.807) is 10.4 Å². The highest BCUT2D eigenvalue weighted by Gasteiger charge is 2.18. The Morgan fingerprint density at radius 3 is 2.64 bits per heavy atom. The molecule has 1 radical (unpaired) electrons. The van der Waals surface area contributed by atoms with Gasteiger partial charge in [-0.25, -0.2) is 0 Å². The van der Waals surface area contributed by atoms with Gasteiger partial charge in [-0.2, -0.15) is 0 Å². The molecule has 11 heavy (non-hydrogen) atoms. The maximum atomic E-state index is 2.36. The molecule has 1 aromatic rings. The van der Waals surface area contributed by atoms with Crippen LogP contribution in [0.15, 0.2) is 29.5 Å². The summed E-state index contributed by atoms with van der Waals surface area (Å²) in [5.41, 5.74) is 1.45. The summed E-state index contributed by atoms with van der Waals surface area (Å²) in [6, 6.07) is 8.72. The number of fused-ring (bicyclic) bond motifs is 1. The quantitative estimate of drug-likeness (QED) is 0.508. The fourth-order valence-corrected chi connectivity index (χ4v) is 3.25. The van der Waals surface area contributed by atoms with Crippen molar-refractivity contribution in [1.82, 2.24) is 0 Å². The van der Waals surface area contributed by atoms with Gasteiger partial charge in [-0.1, -0.05) is 42.1 Å². The number of hydrogen-bond acceptors (Lipinski definition) is 0. The molecule has 0 aliphatic carbocycles. The van der Waals surface area contributed by atoms with Gasteiger partial charge in [-0.15, -0.1) is 0 Å². The summed E-state index contributed by atoms with van der Waals surface area (Å²) in [6.45, 7) is 4.61. The van der Waals surface area contributed by atoms with Crippen LogP contribution < -0.4 is 5.19 Å². The van der Waals surface area contributed by atoms with E-state index in [0.717, 1.165) is 0 Å². The van der Waals surface area contributed by atoms with E-state index in [4.69, 9.17) is 0 Å². The zero-order valence-electron chi connectivity index (χ0n) is 6.89. The van der Waals surface area contributed by atoms with Crippen molar-refractivity contribution in [1.29, 1.82) is 0 Å². The van der Waals surface area contributed by atoms with E-state index in [-0.39, 0.29) is 8.80 Å². The van der Waals surface area contributed by atoms with Gasteiger partial charge in [0.2, 0.25) is 0 Å². The summed E-state index contributed by atoms with van der Waals surface area (Å²) in [6.07, 6.45) is 2.32. The second kappa shape index (κ2) is 2.34. The lowest BCUT2D eigenvalue weighted by Gasteiger charge is -2.03. The first-order valence-corrected chi connectivity index (χ1v) is 5.90. The van der Waals surface area contributed by atoms with Gasteiger partial charge < -0.3 is 0 Å². The van der Waals surface area contributed by atoms with Crippen LogP contribution >= 0.6 is 0 Å². The van der Waals surface area contributed by atoms with E-state index < -0.39 is 0 Å². The highest BCUT2D eigenvalue weighted by Crippen LogP contribution is 2.16. The molecular formula is C10H11Si. The number of rotatable bonds is 0. The van der Waals surface area contributed by atoms with Crippen molar-refractivity contribution in [2.24, 2.45) is 0 Å². The first-order valence-electron chi connectivity index (χ1n) is 3.90. The maximum Gasteiger partial charge on any atom is 0.113 e. The molecule has 55 valence electrons. The van der Waals surface area contributed by atoms with E-state index >= 15 is 0 Å². The maximum absolute atomic E-state index is 2.36. The fraction of sp³-hybridized carbons (Fsp3) is 0.200. The van der Waals surface area contributed by atoms with Crippen molar-refractivity contribution in [3.8, 4) is 0 Å². The Balaban J connectivity index is 2.58. The molecule has 0 bridgehead atoms. The lowest BCUT2D eigenvalue weighted by Crippen LogP contribution is -2.25. The minimum Gasteiger partial charge on any atom is -0.0797 e. The highest BCUT2D eigenvalue weighted by atomic mass is 28.3. The molecule has 1 aliphatic heterocycles. The Kier molecular flexibility index (Phi) is 1.46. The lowest BCUT2D eigenvalue weighted by molar-refractivity contribution is 1.69. The van der Waals surface area contributed by atoms with Gasteiger partial charge in [-0.3, -0.25) is 0 Å². The molecule has 0 aromatic heterocycles. The molecule has 1 aliphatic rings. The van der Waals surface area contributed by atoms with Crippen LogP contribution in [-0.2, 0) is 0 Å². The Bertz CT molecular complexity index is 312. The molecular weight excluding hydrogens is 148 g/mol. The SMILES string of the molecule is CC1=Cc2ccccc2[Si]1C. The number of allylic oxidation sites excluding steroid dienone is 1. The standard InChI is InChI=1S/C10H11Si/c1-8-7-9-5-3-4-6-10(9)11(8)2/h3-7H,1-2H3. The van der Waals surface area contributed by atoms with Gasteiger partial charge in [0.15, 0.2) is 0 Å². The lowest BCUT2D eigenvalue weighted by atomic mass is 10.2. The van der Waals surface area contributed by atoms with Gasteiger partial charge in [0, 0.05) is 0 Å². The van der Waals surface area contributed by atoms with E-state index in [1.807, 2.05) is 0 Å². The van der Waals surface area contributed by atoms with Crippen molar-refractivity contribution in [3.63, 3.8) is 0 Å². The van der Waals surface area contributed by atoms with Crippen LogP contribution in [0.3, 0.4) is 0 Å². The van der Waals surface area contributed by atoms with E-state index in [0.29, 0.717) is 0 Å². The second-order valence-electron chi connectivity index (χ2n) is 3.04. The van der Waals surface area contributed by atoms with Crippen molar-refractivity contribution in [3.05, 3.63) is 35.0 Å². The molecule has 0 unspecified atom stereocenters. The summed E-state index contributed by atoms with van der Waals surface area (Å²) in [5, 5.41) is 3.16. The molecule has 0 spiro atoms. The van der Waals surface area contributed by atoms with Gasteiger partial charge in [-0.05, 0) is 17.7 Å². The van der Waals surface area contributed by atoms with Crippen molar-refractivity contribution < 1.29 is 0 Å². The van der Waals surface area contributed by atoms with Crippen molar-refractivity contribution >= 4 is 20.1 Å². The Morgan fingerprint density at radius 1 is 1.18 bits per heavy atom. The predicted molar refractivity (Wildman–Crippen MR) is 51.3 cm³/mol. The first kappa shape index (κ1) is 6.86. The zero-order valence-corrected chi connectivity index (χ0v) is 7.89. The minimum atomic E-state index is -0.331. The van der Waals surface area contributed by atoms with Crippen LogP contribution in [0.25, 0.3) is 6.08 Å². The van der Waals surface area contributed by atoms with Crippen molar-refractivity contribution in [2.45, 2.75) is 13.5 Å². The van der Waals surface area contributed by atoms with E-state index in [2.05, 4.69) is 43.8 Å². The minimum absolute atomic E-state index is 0.331. The Hall–Kier alpha value is -0.823. The fourth-order valence-electron chi connectivity index (χ4n) is 1.52. The van der Waals surface area contributed by atoms with Crippen LogP contribution in [0.2, 0.25) is 6.55 Å². The summed E-state index contributed by atoms with van der Waals surface area (Å²) in [4.78, 5) is 0. The molecule has 1 heteroatoms. The van der Waals surface area contributed by atoms with Crippen LogP contribution in [-0.4, -0.2) is 8.80 Å². The summed E-state index contributed by atoms with van der Waals surface area (Å²) < 4.78 is 0. The van der Waals surface area contributed by atoms with E-state index in [1.165, 1.54) is 5.56 Å². The Labute approximate surface area is 69.2 Å². The average Bonchev–Trinajstić information content (AvgIpc) is 2.30. The second-order valence-corrected chi connectivity index (χ2v) is 5.62. The molecule has 2 rings (SSSR count). The monoisotopic (exact) mass is 159 g/mol. The van der Waals surface area contributed by atoms with Gasteiger partial charge >= 0.3 is 0 Å². The van der Waals surface area contributed by atoms with Crippen LogP contribution in [0.1, 0.15) is 12.5 Å². The zero-order chi connectivity index (χ0) is 7.84. The molecule has 1 heterocycles. The van der Waals surface area contributed by atoms with Crippen LogP contribution in [0.5, 0.6) is 0 Å². The molecule has 0 amide bonds. The third-order valence-corrected chi connectivity index (χ3v) is 4.92. The normalized spacial score (nSPS) is 16.4. The van der Waals surface area contributed by atoms with Crippen LogP contribution in [0.4, 0.5) is 0 Å². The predicted octanol–water partition coefficient (Wildman–Crippen LogP) is 1.97. The third-order valence-electron chi connectivity index (χ3n) is 2.33. The van der Waals surface area contributed by atoms with E-state index in [9.17, 15) is 0 Å². The largest absolute Gasteiger partial charge is 0.113 e. The average molecular weight is 159 g/mol. The molecule has 0 fully saturated rings. The molecule has 0 N–H and O–H groups in total. The first-order chi connectivity index (χ1) is 5.29. The summed E-state index contributed by atoms with van der Waals surface area (Å²) in [5.74, 6) is 0. The van der Waals surface area contributed by atoms with Crippen molar-refractivity contribution in [2.75, 3.05) is 0 Å². The highest BCUT2D eigenvalue weighted by molar-refractivity contribution is 6.81. The van der Waals surface area contributed by atoms with Crippen LogP contribution in [0, 0.1) is 0 Å². The molecule has 1 aromatic carbocycles. The molecule has 0 saturated carbocycles. The summed E-state index contributed by atoms with van der Waals surface area (Å²) >= 11 is 0. The molecule has 0 saturated heterocycles. The molecule has 0 nitrogen and oxygen atoms in total. The summed E-state index contributed by atoms with van der Waals surface area (Å²) in [7, 11) is -0.331. The van der Waals surface area contributed by atoms with Gasteiger partial charge in [0.25, 0.3) is 0 Å².